The number of hydrogen-bond donors (Lipinski definition) is 2. The molecule has 2 aromatic rings. The van der Waals surface area contributed by atoms with E-state index in [2.05, 4.69) is 31.7 Å². The minimum Gasteiger partial charge on any atom is -0.343 e. The average molecular weight is 400 g/mol. The van der Waals surface area contributed by atoms with Gasteiger partial charge in [0.1, 0.15) is 0 Å². The van der Waals surface area contributed by atoms with Gasteiger partial charge in [0.2, 0.25) is 5.91 Å². The minimum atomic E-state index is -0.411. The number of aryl methyl sites for hydroxylation is 2. The Labute approximate surface area is 147 Å². The predicted octanol–water partition coefficient (Wildman–Crippen LogP) is 2.82. The summed E-state index contributed by atoms with van der Waals surface area (Å²) in [5.74, 6) is -0.741. The summed E-state index contributed by atoms with van der Waals surface area (Å²) in [5.41, 5.74) is 2.53. The Bertz CT molecular complexity index is 773. The van der Waals surface area contributed by atoms with Gasteiger partial charge in [-0.2, -0.15) is 5.10 Å². The highest BCUT2D eigenvalue weighted by Gasteiger charge is 2.15. The van der Waals surface area contributed by atoms with Crippen LogP contribution in [-0.4, -0.2) is 28.1 Å². The van der Waals surface area contributed by atoms with E-state index < -0.39 is 5.91 Å². The first-order chi connectivity index (χ1) is 10.8. The molecule has 1 aromatic carbocycles. The molecule has 0 atom stereocenters. The SMILES string of the molecule is Cc1nn(C)c(C)c1NC(=O)CNC(=O)c1cc(Br)ccc1Cl. The number of benzene rings is 1. The van der Waals surface area contributed by atoms with Gasteiger partial charge in [-0.3, -0.25) is 14.3 Å². The van der Waals surface area contributed by atoms with Crippen LogP contribution >= 0.6 is 27.5 Å². The second-order valence-electron chi connectivity index (χ2n) is 5.02. The van der Waals surface area contributed by atoms with E-state index in [-0.39, 0.29) is 12.5 Å². The molecule has 8 heteroatoms. The molecule has 0 saturated heterocycles. The zero-order valence-electron chi connectivity index (χ0n) is 12.9. The number of anilines is 1. The van der Waals surface area contributed by atoms with Crippen molar-refractivity contribution in [3.63, 3.8) is 0 Å². The summed E-state index contributed by atoms with van der Waals surface area (Å²) in [5, 5.41) is 9.85. The molecule has 1 aromatic heterocycles. The smallest absolute Gasteiger partial charge is 0.253 e. The maximum absolute atomic E-state index is 12.1. The summed E-state index contributed by atoms with van der Waals surface area (Å²) in [4.78, 5) is 24.1. The van der Waals surface area contributed by atoms with E-state index in [1.165, 1.54) is 0 Å². The Morgan fingerprint density at radius 2 is 2.04 bits per heavy atom. The Kier molecular flexibility index (Phi) is 5.43. The number of nitrogens with one attached hydrogen (secondary N) is 2. The van der Waals surface area contributed by atoms with E-state index in [1.807, 2.05) is 13.8 Å². The van der Waals surface area contributed by atoms with Gasteiger partial charge in [0.15, 0.2) is 0 Å². The highest BCUT2D eigenvalue weighted by atomic mass is 79.9. The van der Waals surface area contributed by atoms with Gasteiger partial charge in [-0.25, -0.2) is 0 Å². The first kappa shape index (κ1) is 17.5. The molecule has 0 radical (unpaired) electrons. The number of carbonyl (C=O) groups excluding carboxylic acids is 2. The molecule has 0 spiro atoms. The number of halogens is 2. The van der Waals surface area contributed by atoms with Gasteiger partial charge in [-0.1, -0.05) is 27.5 Å². The van der Waals surface area contributed by atoms with Gasteiger partial charge in [0.05, 0.1) is 34.2 Å². The molecule has 2 rings (SSSR count). The fraction of sp³-hybridized carbons (Fsp3) is 0.267. The highest BCUT2D eigenvalue weighted by molar-refractivity contribution is 9.10. The topological polar surface area (TPSA) is 76.0 Å². The standard InChI is InChI=1S/C15H16BrClN4O2/c1-8-14(9(2)21(3)20-8)19-13(22)7-18-15(23)11-6-10(16)4-5-12(11)17/h4-6H,7H2,1-3H3,(H,18,23)(H,19,22). The minimum absolute atomic E-state index is 0.157. The van der Waals surface area contributed by atoms with E-state index >= 15 is 0 Å². The number of aromatic nitrogens is 2. The fourth-order valence-electron chi connectivity index (χ4n) is 2.07. The second-order valence-corrected chi connectivity index (χ2v) is 6.35. The zero-order valence-corrected chi connectivity index (χ0v) is 15.2. The largest absolute Gasteiger partial charge is 0.343 e. The summed E-state index contributed by atoms with van der Waals surface area (Å²) in [6, 6.07) is 4.95. The Balaban J connectivity index is 1.99. The van der Waals surface area contributed by atoms with Crippen molar-refractivity contribution < 1.29 is 9.59 Å². The van der Waals surface area contributed by atoms with E-state index in [4.69, 9.17) is 11.6 Å². The molecule has 2 N–H and O–H groups in total. The van der Waals surface area contributed by atoms with Crippen LogP contribution in [0.2, 0.25) is 5.02 Å². The van der Waals surface area contributed by atoms with Crippen molar-refractivity contribution in [2.45, 2.75) is 13.8 Å². The lowest BCUT2D eigenvalue weighted by molar-refractivity contribution is -0.115. The molecule has 6 nitrogen and oxygen atoms in total. The van der Waals surface area contributed by atoms with E-state index in [9.17, 15) is 9.59 Å². The molecule has 0 aliphatic rings. The maximum atomic E-state index is 12.1. The Morgan fingerprint density at radius 3 is 2.65 bits per heavy atom. The summed E-state index contributed by atoms with van der Waals surface area (Å²) in [6.45, 7) is 3.51. The molecule has 0 unspecified atom stereocenters. The Hall–Kier alpha value is -1.86. The number of hydrogen-bond acceptors (Lipinski definition) is 3. The first-order valence-corrected chi connectivity index (χ1v) is 8.00. The highest BCUT2D eigenvalue weighted by Crippen LogP contribution is 2.21. The van der Waals surface area contributed by atoms with E-state index in [0.29, 0.717) is 16.3 Å². The second kappa shape index (κ2) is 7.14. The molecular weight excluding hydrogens is 384 g/mol. The van der Waals surface area contributed by atoms with Crippen LogP contribution in [-0.2, 0) is 11.8 Å². The molecule has 0 bridgehead atoms. The van der Waals surface area contributed by atoms with Crippen molar-refractivity contribution in [3.05, 3.63) is 44.6 Å². The lowest BCUT2D eigenvalue weighted by Crippen LogP contribution is -2.33. The number of nitrogens with zero attached hydrogens (tertiary/aromatic N) is 2. The van der Waals surface area contributed by atoms with Crippen LogP contribution in [0.5, 0.6) is 0 Å². The molecule has 122 valence electrons. The van der Waals surface area contributed by atoms with Crippen LogP contribution in [0.25, 0.3) is 0 Å². The van der Waals surface area contributed by atoms with Gasteiger partial charge in [-0.05, 0) is 32.0 Å². The van der Waals surface area contributed by atoms with Gasteiger partial charge in [-0.15, -0.1) is 0 Å². The number of carbonyl (C=O) groups is 2. The molecule has 23 heavy (non-hydrogen) atoms. The van der Waals surface area contributed by atoms with Gasteiger partial charge in [0.25, 0.3) is 5.91 Å². The van der Waals surface area contributed by atoms with Crippen LogP contribution in [0, 0.1) is 13.8 Å². The van der Waals surface area contributed by atoms with E-state index in [0.717, 1.165) is 15.9 Å². The molecule has 0 aliphatic heterocycles. The summed E-state index contributed by atoms with van der Waals surface area (Å²) in [6.07, 6.45) is 0. The van der Waals surface area contributed by atoms with Crippen LogP contribution in [0.3, 0.4) is 0 Å². The number of rotatable bonds is 4. The molecular formula is C15H16BrClN4O2. The van der Waals surface area contributed by atoms with Crippen LogP contribution < -0.4 is 10.6 Å². The fourth-order valence-corrected chi connectivity index (χ4v) is 2.63. The quantitative estimate of drug-likeness (QED) is 0.830. The van der Waals surface area contributed by atoms with Crippen molar-refractivity contribution in [1.29, 1.82) is 0 Å². The van der Waals surface area contributed by atoms with Crippen molar-refractivity contribution in [2.24, 2.45) is 7.05 Å². The number of amides is 2. The summed E-state index contributed by atoms with van der Waals surface area (Å²) >= 11 is 9.27. The zero-order chi connectivity index (χ0) is 17.1. The summed E-state index contributed by atoms with van der Waals surface area (Å²) < 4.78 is 2.42. The van der Waals surface area contributed by atoms with Crippen LogP contribution in [0.1, 0.15) is 21.7 Å². The Morgan fingerprint density at radius 1 is 1.35 bits per heavy atom. The maximum Gasteiger partial charge on any atom is 0.253 e. The van der Waals surface area contributed by atoms with E-state index in [1.54, 1.807) is 29.9 Å². The third kappa shape index (κ3) is 4.11. The van der Waals surface area contributed by atoms with Crippen LogP contribution in [0.4, 0.5) is 5.69 Å². The first-order valence-electron chi connectivity index (χ1n) is 6.83. The third-order valence-corrected chi connectivity index (χ3v) is 4.18. The molecule has 2 amide bonds. The monoisotopic (exact) mass is 398 g/mol. The average Bonchev–Trinajstić information content (AvgIpc) is 2.73. The van der Waals surface area contributed by atoms with Gasteiger partial charge < -0.3 is 10.6 Å². The lowest BCUT2D eigenvalue weighted by Gasteiger charge is -2.08. The van der Waals surface area contributed by atoms with Crippen molar-refractivity contribution in [1.82, 2.24) is 15.1 Å². The molecule has 1 heterocycles. The van der Waals surface area contributed by atoms with Crippen molar-refractivity contribution in [2.75, 3.05) is 11.9 Å². The van der Waals surface area contributed by atoms with Crippen molar-refractivity contribution >= 4 is 45.0 Å². The third-order valence-electron chi connectivity index (χ3n) is 3.36. The molecule has 0 aliphatic carbocycles. The van der Waals surface area contributed by atoms with Crippen LogP contribution in [0.15, 0.2) is 22.7 Å². The normalized spacial score (nSPS) is 10.5. The van der Waals surface area contributed by atoms with Gasteiger partial charge >= 0.3 is 0 Å². The summed E-state index contributed by atoms with van der Waals surface area (Å²) in [7, 11) is 1.80. The predicted molar refractivity (Wildman–Crippen MR) is 92.8 cm³/mol. The molecule has 0 fully saturated rings. The van der Waals surface area contributed by atoms with Gasteiger partial charge in [0, 0.05) is 11.5 Å². The lowest BCUT2D eigenvalue weighted by atomic mass is 10.2. The molecule has 0 saturated carbocycles. The van der Waals surface area contributed by atoms with Crippen molar-refractivity contribution in [3.8, 4) is 0 Å².